The summed E-state index contributed by atoms with van der Waals surface area (Å²) in [5.41, 5.74) is 0. The highest BCUT2D eigenvalue weighted by molar-refractivity contribution is 4.65. The minimum atomic E-state index is 0.352. The monoisotopic (exact) mass is 243 g/mol. The van der Waals surface area contributed by atoms with Crippen molar-refractivity contribution in [2.24, 2.45) is 0 Å². The first-order valence-corrected chi connectivity index (χ1v) is 7.23. The maximum absolute atomic E-state index is 5.83. The quantitative estimate of drug-likeness (QED) is 0.632. The first-order valence-electron chi connectivity index (χ1n) is 7.23. The third kappa shape index (κ3) is 8.58. The van der Waals surface area contributed by atoms with Crippen LogP contribution in [0.25, 0.3) is 0 Å². The zero-order valence-corrected chi connectivity index (χ0v) is 11.5. The molecule has 0 radical (unpaired) electrons. The van der Waals surface area contributed by atoms with Gasteiger partial charge in [0.1, 0.15) is 0 Å². The van der Waals surface area contributed by atoms with Gasteiger partial charge in [0.2, 0.25) is 0 Å². The number of hydrogen-bond donors (Lipinski definition) is 1. The van der Waals surface area contributed by atoms with Gasteiger partial charge in [-0.15, -0.1) is 0 Å². The van der Waals surface area contributed by atoms with Crippen LogP contribution in [-0.2, 0) is 9.47 Å². The second-order valence-corrected chi connectivity index (χ2v) is 5.15. The molecule has 0 aliphatic heterocycles. The predicted octanol–water partition coefficient (Wildman–Crippen LogP) is 2.74. The van der Waals surface area contributed by atoms with Crippen molar-refractivity contribution in [3.8, 4) is 0 Å². The first-order chi connectivity index (χ1) is 8.29. The van der Waals surface area contributed by atoms with Gasteiger partial charge in [0.15, 0.2) is 0 Å². The van der Waals surface area contributed by atoms with Gasteiger partial charge in [0.25, 0.3) is 0 Å². The second kappa shape index (κ2) is 9.86. The summed E-state index contributed by atoms with van der Waals surface area (Å²) >= 11 is 0. The number of ether oxygens (including phenoxy) is 2. The van der Waals surface area contributed by atoms with E-state index in [4.69, 9.17) is 9.47 Å². The summed E-state index contributed by atoms with van der Waals surface area (Å²) in [5, 5.41) is 3.39. The molecule has 1 N–H and O–H groups in total. The molecule has 0 spiro atoms. The molecule has 102 valence electrons. The van der Waals surface area contributed by atoms with Crippen molar-refractivity contribution in [1.29, 1.82) is 0 Å². The number of hydrogen-bond acceptors (Lipinski definition) is 3. The normalized spacial score (nSPS) is 17.8. The van der Waals surface area contributed by atoms with Crippen LogP contribution in [-0.4, -0.2) is 38.5 Å². The molecule has 0 unspecified atom stereocenters. The van der Waals surface area contributed by atoms with E-state index in [2.05, 4.69) is 19.2 Å². The molecule has 0 amide bonds. The van der Waals surface area contributed by atoms with Gasteiger partial charge in [0.05, 0.1) is 18.8 Å². The first kappa shape index (κ1) is 14.9. The van der Waals surface area contributed by atoms with Crippen LogP contribution in [0.2, 0.25) is 0 Å². The molecule has 17 heavy (non-hydrogen) atoms. The average Bonchev–Trinajstić information content (AvgIpc) is 2.33. The zero-order valence-electron chi connectivity index (χ0n) is 11.5. The van der Waals surface area contributed by atoms with E-state index in [0.29, 0.717) is 12.2 Å². The van der Waals surface area contributed by atoms with Crippen LogP contribution in [0.4, 0.5) is 0 Å². The fourth-order valence-corrected chi connectivity index (χ4v) is 2.17. The second-order valence-electron chi connectivity index (χ2n) is 5.15. The van der Waals surface area contributed by atoms with Gasteiger partial charge in [-0.25, -0.2) is 0 Å². The van der Waals surface area contributed by atoms with Crippen LogP contribution in [0.3, 0.4) is 0 Å². The molecule has 1 rings (SSSR count). The van der Waals surface area contributed by atoms with Crippen molar-refractivity contribution in [3.63, 3.8) is 0 Å². The highest BCUT2D eigenvalue weighted by Crippen LogP contribution is 2.19. The van der Waals surface area contributed by atoms with Crippen LogP contribution in [0.5, 0.6) is 0 Å². The molecule has 3 heteroatoms. The van der Waals surface area contributed by atoms with E-state index in [9.17, 15) is 0 Å². The molecule has 0 atom stereocenters. The van der Waals surface area contributed by atoms with Crippen molar-refractivity contribution >= 4 is 0 Å². The Morgan fingerprint density at radius 2 is 1.82 bits per heavy atom. The minimum Gasteiger partial charge on any atom is -0.379 e. The van der Waals surface area contributed by atoms with Crippen LogP contribution in [0.15, 0.2) is 0 Å². The Labute approximate surface area is 106 Å². The molecule has 0 saturated heterocycles. The Hall–Kier alpha value is -0.120. The van der Waals surface area contributed by atoms with Crippen molar-refractivity contribution in [2.75, 3.05) is 26.3 Å². The molecule has 1 saturated carbocycles. The SMILES string of the molecule is CC(C)OCCCNCCOC1CCCCC1. The lowest BCUT2D eigenvalue weighted by Crippen LogP contribution is -2.25. The van der Waals surface area contributed by atoms with E-state index in [1.165, 1.54) is 32.1 Å². The van der Waals surface area contributed by atoms with Gasteiger partial charge >= 0.3 is 0 Å². The Kier molecular flexibility index (Phi) is 8.67. The molecule has 0 aromatic heterocycles. The molecule has 0 bridgehead atoms. The third-order valence-corrected chi connectivity index (χ3v) is 3.13. The molecule has 0 aromatic carbocycles. The molecular formula is C14H29NO2. The van der Waals surface area contributed by atoms with E-state index >= 15 is 0 Å². The molecule has 1 aliphatic carbocycles. The molecule has 1 aliphatic rings. The maximum atomic E-state index is 5.83. The molecule has 1 fully saturated rings. The van der Waals surface area contributed by atoms with Gasteiger partial charge in [-0.3, -0.25) is 0 Å². The summed E-state index contributed by atoms with van der Waals surface area (Å²) in [7, 11) is 0. The lowest BCUT2D eigenvalue weighted by Gasteiger charge is -2.22. The zero-order chi connectivity index (χ0) is 12.3. The summed E-state index contributed by atoms with van der Waals surface area (Å²) in [6, 6.07) is 0. The van der Waals surface area contributed by atoms with Crippen molar-refractivity contribution < 1.29 is 9.47 Å². The minimum absolute atomic E-state index is 0.352. The fraction of sp³-hybridized carbons (Fsp3) is 1.00. The van der Waals surface area contributed by atoms with E-state index in [0.717, 1.165) is 32.7 Å². The van der Waals surface area contributed by atoms with E-state index in [-0.39, 0.29) is 0 Å². The van der Waals surface area contributed by atoms with Crippen molar-refractivity contribution in [2.45, 2.75) is 64.6 Å². The lowest BCUT2D eigenvalue weighted by atomic mass is 9.98. The molecular weight excluding hydrogens is 214 g/mol. The van der Waals surface area contributed by atoms with Crippen molar-refractivity contribution in [3.05, 3.63) is 0 Å². The number of nitrogens with one attached hydrogen (secondary N) is 1. The molecule has 3 nitrogen and oxygen atoms in total. The smallest absolute Gasteiger partial charge is 0.0594 e. The van der Waals surface area contributed by atoms with Gasteiger partial charge in [-0.2, -0.15) is 0 Å². The lowest BCUT2D eigenvalue weighted by molar-refractivity contribution is 0.0298. The third-order valence-electron chi connectivity index (χ3n) is 3.13. The van der Waals surface area contributed by atoms with Crippen molar-refractivity contribution in [1.82, 2.24) is 5.32 Å². The summed E-state index contributed by atoms with van der Waals surface area (Å²) < 4.78 is 11.3. The Bertz CT molecular complexity index is 168. The van der Waals surface area contributed by atoms with Crippen LogP contribution < -0.4 is 5.32 Å². The fourth-order valence-electron chi connectivity index (χ4n) is 2.17. The highest BCUT2D eigenvalue weighted by Gasteiger charge is 2.12. The standard InChI is InChI=1S/C14H29NO2/c1-13(2)16-11-6-9-15-10-12-17-14-7-4-3-5-8-14/h13-15H,3-12H2,1-2H3. The topological polar surface area (TPSA) is 30.5 Å². The highest BCUT2D eigenvalue weighted by atomic mass is 16.5. The van der Waals surface area contributed by atoms with Gasteiger partial charge in [-0.05, 0) is 39.7 Å². The molecule has 0 aromatic rings. The molecule has 0 heterocycles. The van der Waals surface area contributed by atoms with E-state index in [1.54, 1.807) is 0 Å². The summed E-state index contributed by atoms with van der Waals surface area (Å²) in [6.07, 6.45) is 8.61. The van der Waals surface area contributed by atoms with Gasteiger partial charge < -0.3 is 14.8 Å². The Morgan fingerprint density at radius 1 is 1.06 bits per heavy atom. The van der Waals surface area contributed by atoms with E-state index in [1.807, 2.05) is 0 Å². The Balaban J connectivity index is 1.78. The Morgan fingerprint density at radius 3 is 2.53 bits per heavy atom. The maximum Gasteiger partial charge on any atom is 0.0594 e. The predicted molar refractivity (Wildman–Crippen MR) is 71.4 cm³/mol. The van der Waals surface area contributed by atoms with Gasteiger partial charge in [0, 0.05) is 13.2 Å². The number of rotatable bonds is 9. The summed E-state index contributed by atoms with van der Waals surface area (Å²) in [4.78, 5) is 0. The summed E-state index contributed by atoms with van der Waals surface area (Å²) in [6.45, 7) is 7.86. The van der Waals surface area contributed by atoms with Gasteiger partial charge in [-0.1, -0.05) is 19.3 Å². The summed E-state index contributed by atoms with van der Waals surface area (Å²) in [5.74, 6) is 0. The van der Waals surface area contributed by atoms with Crippen LogP contribution in [0.1, 0.15) is 52.4 Å². The van der Waals surface area contributed by atoms with Crippen LogP contribution in [0, 0.1) is 0 Å². The average molecular weight is 243 g/mol. The van der Waals surface area contributed by atoms with Crippen LogP contribution >= 0.6 is 0 Å². The van der Waals surface area contributed by atoms with E-state index < -0.39 is 0 Å². The largest absolute Gasteiger partial charge is 0.379 e.